The van der Waals surface area contributed by atoms with Crippen molar-refractivity contribution in [2.24, 2.45) is 23.7 Å². The second-order valence-corrected chi connectivity index (χ2v) is 5.38. The van der Waals surface area contributed by atoms with E-state index in [9.17, 15) is 9.90 Å². The Balaban J connectivity index is 2.01. The van der Waals surface area contributed by atoms with Crippen molar-refractivity contribution in [1.29, 1.82) is 0 Å². The van der Waals surface area contributed by atoms with Crippen molar-refractivity contribution in [3.8, 4) is 0 Å². The number of hydrogen-bond donors (Lipinski definition) is 1. The molecule has 0 radical (unpaired) electrons. The predicted molar refractivity (Wildman–Crippen MR) is 68.6 cm³/mol. The van der Waals surface area contributed by atoms with Crippen LogP contribution in [-0.4, -0.2) is 11.1 Å². The van der Waals surface area contributed by atoms with E-state index in [1.54, 1.807) is 0 Å². The Bertz CT molecular complexity index is 330. The molecule has 94 valence electrons. The SMILES string of the molecule is CC=CCCC(C(=O)O)C1CC2C=CC1CC2. The van der Waals surface area contributed by atoms with Crippen LogP contribution in [0.1, 0.15) is 39.0 Å². The number of aliphatic carboxylic acids is 1. The maximum Gasteiger partial charge on any atom is 0.306 e. The van der Waals surface area contributed by atoms with E-state index >= 15 is 0 Å². The molecule has 17 heavy (non-hydrogen) atoms. The zero-order valence-electron chi connectivity index (χ0n) is 10.5. The van der Waals surface area contributed by atoms with Gasteiger partial charge in [0.05, 0.1) is 5.92 Å². The molecule has 3 aliphatic carbocycles. The Morgan fingerprint density at radius 1 is 1.47 bits per heavy atom. The van der Waals surface area contributed by atoms with E-state index < -0.39 is 5.97 Å². The third-order valence-electron chi connectivity index (χ3n) is 4.34. The fourth-order valence-corrected chi connectivity index (χ4v) is 3.40. The van der Waals surface area contributed by atoms with E-state index in [0.29, 0.717) is 17.8 Å². The first-order valence-electron chi connectivity index (χ1n) is 6.74. The quantitative estimate of drug-likeness (QED) is 0.737. The maximum absolute atomic E-state index is 11.4. The lowest BCUT2D eigenvalue weighted by atomic mass is 9.64. The van der Waals surface area contributed by atoms with Gasteiger partial charge in [-0.15, -0.1) is 0 Å². The second kappa shape index (κ2) is 5.52. The van der Waals surface area contributed by atoms with Gasteiger partial charge in [0.1, 0.15) is 0 Å². The molecule has 3 aliphatic rings. The van der Waals surface area contributed by atoms with E-state index in [4.69, 9.17) is 0 Å². The van der Waals surface area contributed by atoms with Gasteiger partial charge in [-0.2, -0.15) is 0 Å². The minimum absolute atomic E-state index is 0.149. The molecule has 1 N–H and O–H groups in total. The average molecular weight is 234 g/mol. The Labute approximate surface area is 103 Å². The summed E-state index contributed by atoms with van der Waals surface area (Å²) in [6.07, 6.45) is 13.9. The van der Waals surface area contributed by atoms with Gasteiger partial charge in [-0.25, -0.2) is 0 Å². The molecular weight excluding hydrogens is 212 g/mol. The minimum Gasteiger partial charge on any atom is -0.481 e. The smallest absolute Gasteiger partial charge is 0.306 e. The number of allylic oxidation sites excluding steroid dienone is 4. The zero-order valence-corrected chi connectivity index (χ0v) is 10.5. The molecule has 2 nitrogen and oxygen atoms in total. The van der Waals surface area contributed by atoms with Gasteiger partial charge >= 0.3 is 5.97 Å². The lowest BCUT2D eigenvalue weighted by Crippen LogP contribution is -2.36. The van der Waals surface area contributed by atoms with Gasteiger partial charge in [0, 0.05) is 0 Å². The summed E-state index contributed by atoms with van der Waals surface area (Å²) in [7, 11) is 0. The third-order valence-corrected chi connectivity index (χ3v) is 4.34. The van der Waals surface area contributed by atoms with Gasteiger partial charge in [0.15, 0.2) is 0 Å². The van der Waals surface area contributed by atoms with Gasteiger partial charge in [-0.05, 0) is 56.8 Å². The van der Waals surface area contributed by atoms with E-state index in [0.717, 1.165) is 19.3 Å². The highest BCUT2D eigenvalue weighted by atomic mass is 16.4. The summed E-state index contributed by atoms with van der Waals surface area (Å²) in [6.45, 7) is 1.99. The molecule has 0 aromatic carbocycles. The monoisotopic (exact) mass is 234 g/mol. The highest BCUT2D eigenvalue weighted by molar-refractivity contribution is 5.70. The molecule has 3 rings (SSSR count). The first-order chi connectivity index (χ1) is 8.22. The fraction of sp³-hybridized carbons (Fsp3) is 0.667. The van der Waals surface area contributed by atoms with E-state index in [1.807, 2.05) is 13.0 Å². The van der Waals surface area contributed by atoms with Crippen molar-refractivity contribution in [3.63, 3.8) is 0 Å². The Morgan fingerprint density at radius 3 is 2.76 bits per heavy atom. The van der Waals surface area contributed by atoms with Crippen molar-refractivity contribution < 1.29 is 9.90 Å². The number of rotatable bonds is 5. The van der Waals surface area contributed by atoms with Crippen LogP contribution in [0.3, 0.4) is 0 Å². The lowest BCUT2D eigenvalue weighted by molar-refractivity contribution is -0.145. The van der Waals surface area contributed by atoms with Crippen LogP contribution in [0.25, 0.3) is 0 Å². The molecule has 0 saturated heterocycles. The van der Waals surface area contributed by atoms with Crippen LogP contribution in [0.2, 0.25) is 0 Å². The van der Waals surface area contributed by atoms with Gasteiger partial charge < -0.3 is 5.11 Å². The molecule has 1 fully saturated rings. The van der Waals surface area contributed by atoms with Crippen LogP contribution in [0, 0.1) is 23.7 Å². The second-order valence-electron chi connectivity index (χ2n) is 5.38. The molecule has 0 aromatic heterocycles. The van der Waals surface area contributed by atoms with Crippen LogP contribution >= 0.6 is 0 Å². The number of carboxylic acid groups (broad SMARTS) is 1. The number of fused-ring (bicyclic) bond motifs is 2. The van der Waals surface area contributed by atoms with Gasteiger partial charge in [-0.3, -0.25) is 4.79 Å². The number of carboxylic acids is 1. The van der Waals surface area contributed by atoms with Crippen LogP contribution in [0.15, 0.2) is 24.3 Å². The van der Waals surface area contributed by atoms with Gasteiger partial charge in [0.25, 0.3) is 0 Å². The van der Waals surface area contributed by atoms with Crippen molar-refractivity contribution >= 4 is 5.97 Å². The fourth-order valence-electron chi connectivity index (χ4n) is 3.40. The van der Waals surface area contributed by atoms with Crippen LogP contribution in [0.4, 0.5) is 0 Å². The summed E-state index contributed by atoms with van der Waals surface area (Å²) in [5.74, 6) is 0.797. The third kappa shape index (κ3) is 2.80. The van der Waals surface area contributed by atoms with Crippen LogP contribution in [-0.2, 0) is 4.79 Å². The molecule has 1 saturated carbocycles. The molecule has 0 aromatic rings. The largest absolute Gasteiger partial charge is 0.481 e. The van der Waals surface area contributed by atoms with Crippen molar-refractivity contribution in [1.82, 2.24) is 0 Å². The summed E-state index contributed by atoms with van der Waals surface area (Å²) < 4.78 is 0. The van der Waals surface area contributed by atoms with Gasteiger partial charge in [0.2, 0.25) is 0 Å². The van der Waals surface area contributed by atoms with Crippen LogP contribution < -0.4 is 0 Å². The summed E-state index contributed by atoms with van der Waals surface area (Å²) in [5, 5.41) is 9.40. The Morgan fingerprint density at radius 2 is 2.29 bits per heavy atom. The Kier molecular flexibility index (Phi) is 4.03. The molecule has 4 atom stereocenters. The molecular formula is C15H22O2. The maximum atomic E-state index is 11.4. The molecule has 4 unspecified atom stereocenters. The first-order valence-corrected chi connectivity index (χ1v) is 6.74. The average Bonchev–Trinajstić information content (AvgIpc) is 2.35. The molecule has 0 heterocycles. The summed E-state index contributed by atoms with van der Waals surface area (Å²) in [6, 6.07) is 0. The number of carbonyl (C=O) groups is 1. The summed E-state index contributed by atoms with van der Waals surface area (Å²) >= 11 is 0. The van der Waals surface area contributed by atoms with Crippen molar-refractivity contribution in [3.05, 3.63) is 24.3 Å². The highest BCUT2D eigenvalue weighted by Gasteiger charge is 2.39. The Hall–Kier alpha value is -1.05. The van der Waals surface area contributed by atoms with Crippen LogP contribution in [0.5, 0.6) is 0 Å². The molecule has 2 heteroatoms. The molecule has 0 amide bonds. The van der Waals surface area contributed by atoms with E-state index in [-0.39, 0.29) is 5.92 Å². The molecule has 0 aliphatic heterocycles. The molecule has 0 spiro atoms. The number of hydrogen-bond acceptors (Lipinski definition) is 1. The minimum atomic E-state index is -0.597. The molecule has 2 bridgehead atoms. The summed E-state index contributed by atoms with van der Waals surface area (Å²) in [4.78, 5) is 11.4. The summed E-state index contributed by atoms with van der Waals surface area (Å²) in [5.41, 5.74) is 0. The van der Waals surface area contributed by atoms with Crippen molar-refractivity contribution in [2.75, 3.05) is 0 Å². The zero-order chi connectivity index (χ0) is 12.3. The highest BCUT2D eigenvalue weighted by Crippen LogP contribution is 2.44. The normalized spacial score (nSPS) is 33.1. The first kappa shape index (κ1) is 12.4. The van der Waals surface area contributed by atoms with Crippen molar-refractivity contribution in [2.45, 2.75) is 39.0 Å². The van der Waals surface area contributed by atoms with Gasteiger partial charge in [-0.1, -0.05) is 24.3 Å². The van der Waals surface area contributed by atoms with E-state index in [1.165, 1.54) is 12.8 Å². The predicted octanol–water partition coefficient (Wildman–Crippen LogP) is 3.65. The topological polar surface area (TPSA) is 37.3 Å². The lowest BCUT2D eigenvalue weighted by Gasteiger charge is -2.40. The standard InChI is InChI=1S/C15H22O2/c1-2-3-4-5-13(15(16)17)14-10-11-6-8-12(14)9-7-11/h2-3,6,8,11-14H,4-5,7,9-10H2,1H3,(H,16,17). The van der Waals surface area contributed by atoms with E-state index in [2.05, 4.69) is 18.2 Å².